The van der Waals surface area contributed by atoms with Gasteiger partial charge in [-0.15, -0.1) is 0 Å². The van der Waals surface area contributed by atoms with Crippen LogP contribution in [0.1, 0.15) is 5.56 Å². The van der Waals surface area contributed by atoms with E-state index in [2.05, 4.69) is 0 Å². The molecule has 0 saturated carbocycles. The Morgan fingerprint density at radius 3 is 1.64 bits per heavy atom. The molecule has 0 N–H and O–H groups in total. The van der Waals surface area contributed by atoms with Gasteiger partial charge in [0.1, 0.15) is 0 Å². The van der Waals surface area contributed by atoms with Gasteiger partial charge in [-0.1, -0.05) is 12.1 Å². The SMILES string of the molecule is O=[N+]([O-])c1cccc(C(F)(F)C(F)(F)C(F)(F)C(F)(F)C(F)(F)F)c1. The number of benzene rings is 1. The Morgan fingerprint density at radius 1 is 0.760 bits per heavy atom. The number of rotatable bonds is 5. The predicted octanol–water partition coefficient (Wildman–Crippen LogP) is 5.15. The highest BCUT2D eigenvalue weighted by atomic mass is 19.4. The van der Waals surface area contributed by atoms with Crippen molar-refractivity contribution in [3.05, 3.63) is 39.9 Å². The lowest BCUT2D eigenvalue weighted by Gasteiger charge is -2.37. The van der Waals surface area contributed by atoms with Crippen LogP contribution in [0.15, 0.2) is 24.3 Å². The van der Waals surface area contributed by atoms with Gasteiger partial charge >= 0.3 is 29.9 Å². The van der Waals surface area contributed by atoms with Crippen molar-refractivity contribution < 1.29 is 53.2 Å². The molecule has 0 aliphatic carbocycles. The third-order valence-electron chi connectivity index (χ3n) is 2.96. The molecular formula is C11H4F11NO2. The Hall–Kier alpha value is -2.15. The number of hydrogen-bond donors (Lipinski definition) is 0. The average molecular weight is 391 g/mol. The molecule has 25 heavy (non-hydrogen) atoms. The summed E-state index contributed by atoms with van der Waals surface area (Å²) < 4.78 is 141. The highest BCUT2D eigenvalue weighted by Gasteiger charge is 2.87. The van der Waals surface area contributed by atoms with Crippen LogP contribution >= 0.6 is 0 Å². The van der Waals surface area contributed by atoms with Crippen LogP contribution < -0.4 is 0 Å². The Kier molecular flexibility index (Phi) is 4.76. The molecule has 0 radical (unpaired) electrons. The smallest absolute Gasteiger partial charge is 0.258 e. The average Bonchev–Trinajstić information content (AvgIpc) is 2.45. The first-order valence-electron chi connectivity index (χ1n) is 5.74. The minimum atomic E-state index is -7.56. The van der Waals surface area contributed by atoms with Crippen LogP contribution in [0.4, 0.5) is 54.0 Å². The van der Waals surface area contributed by atoms with Gasteiger partial charge in [0.05, 0.1) is 4.92 Å². The molecule has 142 valence electrons. The summed E-state index contributed by atoms with van der Waals surface area (Å²) in [5.41, 5.74) is -3.55. The standard InChI is InChI=1S/C11H4F11NO2/c12-7(13,5-2-1-3-6(4-5)23(24)25)8(14,15)9(16,17)10(18,19)11(20,21)22/h1-4H. The van der Waals surface area contributed by atoms with Gasteiger partial charge in [-0.05, 0) is 0 Å². The summed E-state index contributed by atoms with van der Waals surface area (Å²) in [6.45, 7) is 0. The van der Waals surface area contributed by atoms with Crippen LogP contribution in [0.25, 0.3) is 0 Å². The molecule has 0 aliphatic rings. The summed E-state index contributed by atoms with van der Waals surface area (Å²) in [7, 11) is 0. The molecular weight excluding hydrogens is 387 g/mol. The number of nitrogens with zero attached hydrogens (tertiary/aromatic N) is 1. The maximum atomic E-state index is 13.6. The van der Waals surface area contributed by atoms with Crippen molar-refractivity contribution in [3.63, 3.8) is 0 Å². The number of nitro groups is 1. The Labute approximate surface area is 130 Å². The fraction of sp³-hybridized carbons (Fsp3) is 0.455. The molecule has 0 bridgehead atoms. The second-order valence-corrected chi connectivity index (χ2v) is 4.60. The van der Waals surface area contributed by atoms with Crippen LogP contribution in [0.5, 0.6) is 0 Å². The van der Waals surface area contributed by atoms with Gasteiger partial charge in [-0.3, -0.25) is 10.1 Å². The molecule has 1 aromatic carbocycles. The lowest BCUT2D eigenvalue weighted by Crippen LogP contribution is -2.65. The molecule has 0 saturated heterocycles. The molecule has 14 heteroatoms. The molecule has 0 unspecified atom stereocenters. The zero-order chi connectivity index (χ0) is 20.1. The van der Waals surface area contributed by atoms with Crippen molar-refractivity contribution in [3.8, 4) is 0 Å². The summed E-state index contributed by atoms with van der Waals surface area (Å²) in [5, 5.41) is 10.4. The van der Waals surface area contributed by atoms with Gasteiger partial charge in [-0.25, -0.2) is 0 Å². The number of halogens is 11. The molecule has 1 aromatic rings. The van der Waals surface area contributed by atoms with Crippen molar-refractivity contribution in [1.29, 1.82) is 0 Å². The molecule has 1 rings (SSSR count). The molecule has 0 atom stereocenters. The van der Waals surface area contributed by atoms with Crippen molar-refractivity contribution in [1.82, 2.24) is 0 Å². The van der Waals surface area contributed by atoms with E-state index in [0.29, 0.717) is 12.1 Å². The molecule has 0 fully saturated rings. The highest BCUT2D eigenvalue weighted by molar-refractivity contribution is 5.37. The van der Waals surface area contributed by atoms with Crippen molar-refractivity contribution in [2.75, 3.05) is 0 Å². The van der Waals surface area contributed by atoms with Crippen LogP contribution in [-0.4, -0.2) is 28.9 Å². The summed E-state index contributed by atoms with van der Waals surface area (Å²) in [6, 6.07) is 0.385. The van der Waals surface area contributed by atoms with Crippen LogP contribution in [-0.2, 0) is 5.92 Å². The van der Waals surface area contributed by atoms with Gasteiger partial charge < -0.3 is 0 Å². The molecule has 0 aliphatic heterocycles. The second kappa shape index (κ2) is 5.69. The van der Waals surface area contributed by atoms with Gasteiger partial charge in [-0.2, -0.15) is 48.3 Å². The Morgan fingerprint density at radius 2 is 1.24 bits per heavy atom. The lowest BCUT2D eigenvalue weighted by atomic mass is 9.93. The van der Waals surface area contributed by atoms with Gasteiger partial charge in [0.25, 0.3) is 5.69 Å². The third kappa shape index (κ3) is 2.97. The van der Waals surface area contributed by atoms with Crippen molar-refractivity contribution in [2.45, 2.75) is 29.9 Å². The van der Waals surface area contributed by atoms with Gasteiger partial charge in [0.15, 0.2) is 0 Å². The fourth-order valence-corrected chi connectivity index (χ4v) is 1.57. The van der Waals surface area contributed by atoms with Gasteiger partial charge in [0.2, 0.25) is 0 Å². The predicted molar refractivity (Wildman–Crippen MR) is 57.9 cm³/mol. The van der Waals surface area contributed by atoms with Gasteiger partial charge in [0, 0.05) is 17.7 Å². The number of non-ortho nitro benzene ring substituents is 1. The molecule has 0 heterocycles. The van der Waals surface area contributed by atoms with Crippen molar-refractivity contribution in [2.24, 2.45) is 0 Å². The molecule has 0 spiro atoms. The van der Waals surface area contributed by atoms with E-state index in [1.54, 1.807) is 0 Å². The zero-order valence-corrected chi connectivity index (χ0v) is 11.2. The van der Waals surface area contributed by atoms with E-state index in [9.17, 15) is 58.4 Å². The highest BCUT2D eigenvalue weighted by Crippen LogP contribution is 2.59. The normalized spacial score (nSPS) is 14.5. The van der Waals surface area contributed by atoms with Crippen LogP contribution in [0.3, 0.4) is 0 Å². The monoisotopic (exact) mass is 391 g/mol. The summed E-state index contributed by atoms with van der Waals surface area (Å²) in [6.07, 6.45) is -7.27. The number of nitro benzene ring substituents is 1. The third-order valence-corrected chi connectivity index (χ3v) is 2.96. The lowest BCUT2D eigenvalue weighted by molar-refractivity contribution is -0.424. The van der Waals surface area contributed by atoms with Crippen LogP contribution in [0.2, 0.25) is 0 Å². The molecule has 0 amide bonds. The first-order valence-corrected chi connectivity index (χ1v) is 5.74. The second-order valence-electron chi connectivity index (χ2n) is 4.60. The Balaban J connectivity index is 3.54. The largest absolute Gasteiger partial charge is 0.460 e. The molecule has 3 nitrogen and oxygen atoms in total. The fourth-order valence-electron chi connectivity index (χ4n) is 1.57. The topological polar surface area (TPSA) is 43.1 Å². The number of hydrogen-bond acceptors (Lipinski definition) is 2. The zero-order valence-electron chi connectivity index (χ0n) is 11.2. The van der Waals surface area contributed by atoms with E-state index < -0.39 is 46.0 Å². The van der Waals surface area contributed by atoms with E-state index in [4.69, 9.17) is 0 Å². The minimum Gasteiger partial charge on any atom is -0.258 e. The number of alkyl halides is 11. The quantitative estimate of drug-likeness (QED) is 0.396. The minimum absolute atomic E-state index is 0.0667. The maximum absolute atomic E-state index is 13.6. The van der Waals surface area contributed by atoms with Crippen molar-refractivity contribution >= 4 is 5.69 Å². The summed E-state index contributed by atoms with van der Waals surface area (Å²) >= 11 is 0. The maximum Gasteiger partial charge on any atom is 0.460 e. The first-order chi connectivity index (χ1) is 10.9. The first kappa shape index (κ1) is 20.9. The van der Waals surface area contributed by atoms with E-state index >= 15 is 0 Å². The summed E-state index contributed by atoms with van der Waals surface area (Å²) in [4.78, 5) is 8.97. The van der Waals surface area contributed by atoms with E-state index in [0.717, 1.165) is 0 Å². The van der Waals surface area contributed by atoms with Crippen LogP contribution in [0, 0.1) is 10.1 Å². The molecule has 0 aromatic heterocycles. The van der Waals surface area contributed by atoms with E-state index in [1.807, 2.05) is 0 Å². The Bertz CT molecular complexity index is 668. The van der Waals surface area contributed by atoms with E-state index in [1.165, 1.54) is 0 Å². The van der Waals surface area contributed by atoms with E-state index in [-0.39, 0.29) is 12.1 Å². The summed E-state index contributed by atoms with van der Waals surface area (Å²) in [5.74, 6) is -28.6.